The first-order valence-electron chi connectivity index (χ1n) is 6.26. The maximum Gasteiger partial charge on any atom is 0.237 e. The lowest BCUT2D eigenvalue weighted by Crippen LogP contribution is -2.50. The summed E-state index contributed by atoms with van der Waals surface area (Å²) in [6.07, 6.45) is 9.76. The maximum absolute atomic E-state index is 11.9. The second-order valence-electron chi connectivity index (χ2n) is 4.56. The van der Waals surface area contributed by atoms with Crippen molar-refractivity contribution in [1.82, 2.24) is 5.32 Å². The first kappa shape index (κ1) is 15.2. The summed E-state index contributed by atoms with van der Waals surface area (Å²) in [5.41, 5.74) is 5.88. The second-order valence-corrected chi connectivity index (χ2v) is 6.62. The van der Waals surface area contributed by atoms with Crippen LogP contribution in [0.15, 0.2) is 0 Å². The predicted molar refractivity (Wildman–Crippen MR) is 78.7 cm³/mol. The first-order chi connectivity index (χ1) is 8.19. The van der Waals surface area contributed by atoms with E-state index in [1.807, 2.05) is 18.0 Å². The third-order valence-corrected chi connectivity index (χ3v) is 5.12. The SMILES string of the molecule is CSCC[C@@H](N)C(=O)NC1CCCCC1SC. The van der Waals surface area contributed by atoms with Crippen LogP contribution in [-0.2, 0) is 4.79 Å². The van der Waals surface area contributed by atoms with Gasteiger partial charge >= 0.3 is 0 Å². The van der Waals surface area contributed by atoms with Gasteiger partial charge in [-0.15, -0.1) is 0 Å². The summed E-state index contributed by atoms with van der Waals surface area (Å²) in [4.78, 5) is 11.9. The number of thioether (sulfide) groups is 2. The summed E-state index contributed by atoms with van der Waals surface area (Å²) in [5.74, 6) is 0.982. The number of nitrogens with one attached hydrogen (secondary N) is 1. The van der Waals surface area contributed by atoms with Gasteiger partial charge in [-0.05, 0) is 37.5 Å². The summed E-state index contributed by atoms with van der Waals surface area (Å²) >= 11 is 3.60. The van der Waals surface area contributed by atoms with Gasteiger partial charge in [0.1, 0.15) is 0 Å². The van der Waals surface area contributed by atoms with E-state index in [0.717, 1.165) is 18.6 Å². The Kier molecular flexibility index (Phi) is 7.39. The van der Waals surface area contributed by atoms with Crippen LogP contribution < -0.4 is 11.1 Å². The van der Waals surface area contributed by atoms with E-state index >= 15 is 0 Å². The Balaban J connectivity index is 2.37. The van der Waals surface area contributed by atoms with Gasteiger partial charge in [-0.25, -0.2) is 0 Å². The molecule has 0 heterocycles. The van der Waals surface area contributed by atoms with E-state index < -0.39 is 0 Å². The van der Waals surface area contributed by atoms with Crippen molar-refractivity contribution in [3.05, 3.63) is 0 Å². The lowest BCUT2D eigenvalue weighted by atomic mass is 9.94. The zero-order chi connectivity index (χ0) is 12.7. The highest BCUT2D eigenvalue weighted by Crippen LogP contribution is 2.27. The molecule has 1 amide bonds. The van der Waals surface area contributed by atoms with Crippen molar-refractivity contribution in [3.63, 3.8) is 0 Å². The zero-order valence-electron chi connectivity index (χ0n) is 10.8. The molecule has 0 spiro atoms. The lowest BCUT2D eigenvalue weighted by Gasteiger charge is -2.31. The Labute approximate surface area is 113 Å². The fourth-order valence-corrected chi connectivity index (χ4v) is 3.63. The number of rotatable bonds is 6. The molecule has 1 saturated carbocycles. The summed E-state index contributed by atoms with van der Waals surface area (Å²) < 4.78 is 0. The predicted octanol–water partition coefficient (Wildman–Crippen LogP) is 1.86. The van der Waals surface area contributed by atoms with E-state index in [4.69, 9.17) is 5.73 Å². The Hall–Kier alpha value is 0.130. The molecule has 0 saturated heterocycles. The van der Waals surface area contributed by atoms with Crippen molar-refractivity contribution < 1.29 is 4.79 Å². The monoisotopic (exact) mass is 276 g/mol. The van der Waals surface area contributed by atoms with Gasteiger partial charge in [-0.3, -0.25) is 4.79 Å². The molecular weight excluding hydrogens is 252 g/mol. The number of nitrogens with two attached hydrogens (primary N) is 1. The molecule has 1 rings (SSSR count). The van der Waals surface area contributed by atoms with Gasteiger partial charge in [0.2, 0.25) is 5.91 Å². The Morgan fingerprint density at radius 1 is 1.41 bits per heavy atom. The molecule has 3 atom stereocenters. The standard InChI is InChI=1S/C12H24N2OS2/c1-16-8-7-9(13)12(15)14-10-5-3-4-6-11(10)17-2/h9-11H,3-8,13H2,1-2H3,(H,14,15)/t9-,10?,11?/m1/s1. The van der Waals surface area contributed by atoms with Crippen LogP contribution in [0.2, 0.25) is 0 Å². The summed E-state index contributed by atoms with van der Waals surface area (Å²) in [6, 6.07) is -0.0153. The number of hydrogen-bond acceptors (Lipinski definition) is 4. The maximum atomic E-state index is 11.9. The largest absolute Gasteiger partial charge is 0.351 e. The van der Waals surface area contributed by atoms with Gasteiger partial charge in [0.15, 0.2) is 0 Å². The topological polar surface area (TPSA) is 55.1 Å². The molecule has 0 aromatic rings. The second kappa shape index (κ2) is 8.27. The number of amides is 1. The van der Waals surface area contributed by atoms with Gasteiger partial charge < -0.3 is 11.1 Å². The minimum absolute atomic E-state index is 0.0324. The minimum Gasteiger partial charge on any atom is -0.351 e. The van der Waals surface area contributed by atoms with E-state index in [0.29, 0.717) is 11.3 Å². The number of hydrogen-bond donors (Lipinski definition) is 2. The van der Waals surface area contributed by atoms with Crippen LogP contribution in [0.5, 0.6) is 0 Å². The van der Waals surface area contributed by atoms with Crippen LogP contribution in [-0.4, -0.2) is 41.5 Å². The van der Waals surface area contributed by atoms with E-state index in [2.05, 4.69) is 11.6 Å². The average Bonchev–Trinajstić information content (AvgIpc) is 2.36. The van der Waals surface area contributed by atoms with Crippen LogP contribution in [0.3, 0.4) is 0 Å². The molecule has 3 nitrogen and oxygen atoms in total. The van der Waals surface area contributed by atoms with Crippen LogP contribution in [0, 0.1) is 0 Å². The van der Waals surface area contributed by atoms with Gasteiger partial charge in [0.25, 0.3) is 0 Å². The van der Waals surface area contributed by atoms with Crippen molar-refractivity contribution in [1.29, 1.82) is 0 Å². The Morgan fingerprint density at radius 2 is 2.12 bits per heavy atom. The fourth-order valence-electron chi connectivity index (χ4n) is 2.21. The molecule has 17 heavy (non-hydrogen) atoms. The summed E-state index contributed by atoms with van der Waals surface area (Å²) in [5, 5.41) is 3.70. The molecule has 2 unspecified atom stereocenters. The molecule has 1 aliphatic rings. The fraction of sp³-hybridized carbons (Fsp3) is 0.917. The molecule has 0 bridgehead atoms. The van der Waals surface area contributed by atoms with E-state index in [-0.39, 0.29) is 11.9 Å². The van der Waals surface area contributed by atoms with E-state index in [1.54, 1.807) is 11.8 Å². The molecule has 0 aromatic carbocycles. The van der Waals surface area contributed by atoms with E-state index in [9.17, 15) is 4.79 Å². The van der Waals surface area contributed by atoms with Crippen molar-refractivity contribution in [3.8, 4) is 0 Å². The minimum atomic E-state index is -0.341. The van der Waals surface area contributed by atoms with Crippen molar-refractivity contribution in [2.75, 3.05) is 18.3 Å². The smallest absolute Gasteiger partial charge is 0.237 e. The van der Waals surface area contributed by atoms with Crippen molar-refractivity contribution >= 4 is 29.4 Å². The molecule has 1 aliphatic carbocycles. The molecule has 100 valence electrons. The lowest BCUT2D eigenvalue weighted by molar-refractivity contribution is -0.123. The molecular formula is C12H24N2OS2. The molecule has 3 N–H and O–H groups in total. The molecule has 0 aliphatic heterocycles. The molecule has 0 radical (unpaired) electrons. The number of carbonyl (C=O) groups is 1. The van der Waals surface area contributed by atoms with Crippen molar-refractivity contribution in [2.45, 2.75) is 49.4 Å². The van der Waals surface area contributed by atoms with Crippen LogP contribution in [0.25, 0.3) is 0 Å². The van der Waals surface area contributed by atoms with Crippen LogP contribution >= 0.6 is 23.5 Å². The highest BCUT2D eigenvalue weighted by molar-refractivity contribution is 7.99. The quantitative estimate of drug-likeness (QED) is 0.777. The Bertz CT molecular complexity index is 239. The average molecular weight is 276 g/mol. The van der Waals surface area contributed by atoms with Gasteiger partial charge in [-0.1, -0.05) is 12.8 Å². The molecule has 0 aromatic heterocycles. The highest BCUT2D eigenvalue weighted by Gasteiger charge is 2.27. The highest BCUT2D eigenvalue weighted by atomic mass is 32.2. The number of carbonyl (C=O) groups excluding carboxylic acids is 1. The summed E-state index contributed by atoms with van der Waals surface area (Å²) in [6.45, 7) is 0. The van der Waals surface area contributed by atoms with Crippen LogP contribution in [0.1, 0.15) is 32.1 Å². The Morgan fingerprint density at radius 3 is 2.76 bits per heavy atom. The third-order valence-electron chi connectivity index (χ3n) is 3.30. The van der Waals surface area contributed by atoms with Gasteiger partial charge in [0, 0.05) is 11.3 Å². The van der Waals surface area contributed by atoms with Gasteiger partial charge in [-0.2, -0.15) is 23.5 Å². The normalized spacial score (nSPS) is 26.5. The summed E-state index contributed by atoms with van der Waals surface area (Å²) in [7, 11) is 0. The first-order valence-corrected chi connectivity index (χ1v) is 8.95. The van der Waals surface area contributed by atoms with Crippen molar-refractivity contribution in [2.24, 2.45) is 5.73 Å². The van der Waals surface area contributed by atoms with Gasteiger partial charge in [0.05, 0.1) is 6.04 Å². The third kappa shape index (κ3) is 5.10. The zero-order valence-corrected chi connectivity index (χ0v) is 12.4. The molecule has 1 fully saturated rings. The van der Waals surface area contributed by atoms with Crippen LogP contribution in [0.4, 0.5) is 0 Å². The van der Waals surface area contributed by atoms with E-state index in [1.165, 1.54) is 19.3 Å². The molecule has 5 heteroatoms.